The smallest absolute Gasteiger partial charge is 0.332 e. The number of hydrogen-bond acceptors (Lipinski definition) is 5. The fourth-order valence-corrected chi connectivity index (χ4v) is 5.23. The van der Waals surface area contributed by atoms with Crippen LogP contribution in [0.4, 0.5) is 0 Å². The molecular weight excluding hydrogens is 460 g/mol. The van der Waals surface area contributed by atoms with E-state index < -0.39 is 0 Å². The van der Waals surface area contributed by atoms with Gasteiger partial charge in [0.2, 0.25) is 0 Å². The van der Waals surface area contributed by atoms with E-state index in [1.54, 1.807) is 35.3 Å². The summed E-state index contributed by atoms with van der Waals surface area (Å²) in [4.78, 5) is 28.0. The van der Waals surface area contributed by atoms with Crippen molar-refractivity contribution in [2.45, 2.75) is 50.2 Å². The van der Waals surface area contributed by atoms with Gasteiger partial charge in [-0.25, -0.2) is 4.79 Å². The number of aromatic nitrogens is 2. The quantitative estimate of drug-likeness (QED) is 0.272. The highest BCUT2D eigenvalue weighted by molar-refractivity contribution is 7.99. The van der Waals surface area contributed by atoms with E-state index in [1.807, 2.05) is 51.1 Å². The molecule has 35 heavy (non-hydrogen) atoms. The summed E-state index contributed by atoms with van der Waals surface area (Å²) in [5.74, 6) is 1.37. The maximum absolute atomic E-state index is 13.6. The minimum absolute atomic E-state index is 0.155. The Bertz CT molecular complexity index is 1440. The Kier molecular flexibility index (Phi) is 7.77. The normalized spacial score (nSPS) is 11.7. The van der Waals surface area contributed by atoms with E-state index in [4.69, 9.17) is 8.83 Å². The third-order valence-electron chi connectivity index (χ3n) is 5.46. The monoisotopic (exact) mass is 488 g/mol. The molecule has 3 aromatic heterocycles. The van der Waals surface area contributed by atoms with Crippen molar-refractivity contribution in [3.05, 3.63) is 116 Å². The Balaban J connectivity index is 1.78. The van der Waals surface area contributed by atoms with Gasteiger partial charge in [-0.05, 0) is 79.9 Å². The Morgan fingerprint density at radius 1 is 0.857 bits per heavy atom. The average molecular weight is 489 g/mol. The van der Waals surface area contributed by atoms with Crippen molar-refractivity contribution in [2.24, 2.45) is 0 Å². The summed E-state index contributed by atoms with van der Waals surface area (Å²) in [6, 6.07) is 13.5. The predicted octanol–water partition coefficient (Wildman–Crippen LogP) is 5.95. The molecule has 0 spiro atoms. The van der Waals surface area contributed by atoms with Crippen LogP contribution in [0.1, 0.15) is 35.1 Å². The number of benzene rings is 1. The number of aryl methyl sites for hydroxylation is 2. The van der Waals surface area contributed by atoms with Crippen molar-refractivity contribution in [2.75, 3.05) is 0 Å². The molecule has 0 amide bonds. The van der Waals surface area contributed by atoms with Gasteiger partial charge in [0.15, 0.2) is 0 Å². The SMILES string of the molecule is CCc1c(Sc2cc(C)cc(C)c2)n(C/C=C/c2ccco2)c(=O)n(C/C=C/c2ccco2)c1=O. The molecular formula is C28H28N2O4S. The summed E-state index contributed by atoms with van der Waals surface area (Å²) in [5.41, 5.74) is 2.26. The second-order valence-corrected chi connectivity index (χ2v) is 9.27. The summed E-state index contributed by atoms with van der Waals surface area (Å²) < 4.78 is 13.6. The molecule has 3 heterocycles. The average Bonchev–Trinajstić information content (AvgIpc) is 3.52. The molecule has 0 N–H and O–H groups in total. The van der Waals surface area contributed by atoms with Gasteiger partial charge in [-0.2, -0.15) is 0 Å². The molecule has 0 aliphatic rings. The van der Waals surface area contributed by atoms with E-state index in [9.17, 15) is 9.59 Å². The highest BCUT2D eigenvalue weighted by Crippen LogP contribution is 2.30. The minimum atomic E-state index is -0.354. The maximum Gasteiger partial charge on any atom is 0.332 e. The zero-order chi connectivity index (χ0) is 24.8. The van der Waals surface area contributed by atoms with Crippen LogP contribution in [0.3, 0.4) is 0 Å². The van der Waals surface area contributed by atoms with Crippen LogP contribution in [0.15, 0.2) is 95.5 Å². The number of allylic oxidation sites excluding steroid dienone is 2. The molecule has 0 aliphatic carbocycles. The van der Waals surface area contributed by atoms with Crippen molar-refractivity contribution in [3.8, 4) is 0 Å². The molecule has 0 atom stereocenters. The fourth-order valence-electron chi connectivity index (χ4n) is 3.90. The lowest BCUT2D eigenvalue weighted by molar-refractivity contribution is 0.552. The third-order valence-corrected chi connectivity index (χ3v) is 6.59. The predicted molar refractivity (Wildman–Crippen MR) is 140 cm³/mol. The van der Waals surface area contributed by atoms with Gasteiger partial charge in [0.25, 0.3) is 5.56 Å². The van der Waals surface area contributed by atoms with Crippen molar-refractivity contribution in [3.63, 3.8) is 0 Å². The van der Waals surface area contributed by atoms with E-state index in [0.29, 0.717) is 35.1 Å². The van der Waals surface area contributed by atoms with E-state index in [2.05, 4.69) is 18.2 Å². The van der Waals surface area contributed by atoms with Gasteiger partial charge in [0.1, 0.15) is 11.5 Å². The van der Waals surface area contributed by atoms with E-state index in [-0.39, 0.29) is 17.8 Å². The lowest BCUT2D eigenvalue weighted by Gasteiger charge is -2.17. The van der Waals surface area contributed by atoms with Crippen LogP contribution < -0.4 is 11.2 Å². The molecule has 0 saturated heterocycles. The van der Waals surface area contributed by atoms with E-state index in [0.717, 1.165) is 16.0 Å². The molecule has 0 radical (unpaired) electrons. The molecule has 0 bridgehead atoms. The summed E-state index contributed by atoms with van der Waals surface area (Å²) in [6.45, 7) is 6.49. The molecule has 4 aromatic rings. The van der Waals surface area contributed by atoms with Gasteiger partial charge in [-0.15, -0.1) is 0 Å². The Hall–Kier alpha value is -3.71. The topological polar surface area (TPSA) is 70.3 Å². The summed E-state index contributed by atoms with van der Waals surface area (Å²) in [6.07, 6.45) is 10.9. The Morgan fingerprint density at radius 2 is 1.43 bits per heavy atom. The van der Waals surface area contributed by atoms with Crippen molar-refractivity contribution in [1.82, 2.24) is 9.13 Å². The first kappa shape index (κ1) is 24.4. The van der Waals surface area contributed by atoms with Gasteiger partial charge >= 0.3 is 5.69 Å². The number of hydrogen-bond donors (Lipinski definition) is 0. The molecule has 180 valence electrons. The van der Waals surface area contributed by atoms with Crippen LogP contribution in [0.25, 0.3) is 12.2 Å². The number of nitrogens with zero attached hydrogens (tertiary/aromatic N) is 2. The third kappa shape index (κ3) is 5.87. The Morgan fingerprint density at radius 3 is 1.94 bits per heavy atom. The van der Waals surface area contributed by atoms with Gasteiger partial charge in [-0.3, -0.25) is 13.9 Å². The van der Waals surface area contributed by atoms with E-state index in [1.165, 1.54) is 16.3 Å². The van der Waals surface area contributed by atoms with Gasteiger partial charge in [-0.1, -0.05) is 36.9 Å². The summed E-state index contributed by atoms with van der Waals surface area (Å²) in [7, 11) is 0. The van der Waals surface area contributed by atoms with Gasteiger partial charge < -0.3 is 8.83 Å². The molecule has 7 heteroatoms. The van der Waals surface area contributed by atoms with Crippen LogP contribution in [-0.4, -0.2) is 9.13 Å². The molecule has 0 saturated carbocycles. The first-order chi connectivity index (χ1) is 17.0. The Labute approximate surface area is 208 Å². The molecule has 0 aliphatic heterocycles. The van der Waals surface area contributed by atoms with Crippen molar-refractivity contribution < 1.29 is 8.83 Å². The zero-order valence-electron chi connectivity index (χ0n) is 20.1. The van der Waals surface area contributed by atoms with Crippen molar-refractivity contribution in [1.29, 1.82) is 0 Å². The molecule has 1 aromatic carbocycles. The lowest BCUT2D eigenvalue weighted by atomic mass is 10.2. The molecule has 0 fully saturated rings. The maximum atomic E-state index is 13.6. The minimum Gasteiger partial charge on any atom is -0.465 e. The highest BCUT2D eigenvalue weighted by atomic mass is 32.2. The number of furan rings is 2. The summed E-state index contributed by atoms with van der Waals surface area (Å²) >= 11 is 1.46. The van der Waals surface area contributed by atoms with Crippen LogP contribution in [0.2, 0.25) is 0 Å². The van der Waals surface area contributed by atoms with Crippen LogP contribution >= 0.6 is 11.8 Å². The largest absolute Gasteiger partial charge is 0.465 e. The second kappa shape index (κ2) is 11.1. The van der Waals surface area contributed by atoms with E-state index >= 15 is 0 Å². The number of rotatable bonds is 9. The molecule has 4 rings (SSSR count). The van der Waals surface area contributed by atoms with Crippen molar-refractivity contribution >= 4 is 23.9 Å². The highest BCUT2D eigenvalue weighted by Gasteiger charge is 2.18. The van der Waals surface area contributed by atoms with Crippen LogP contribution in [0.5, 0.6) is 0 Å². The lowest BCUT2D eigenvalue weighted by Crippen LogP contribution is -2.42. The summed E-state index contributed by atoms with van der Waals surface area (Å²) in [5, 5.41) is 0.669. The standard InChI is InChI=1S/C28H28N2O4S/c1-4-25-26(31)29(13-5-9-22-11-7-15-33-22)28(32)30(14-6-10-23-12-8-16-34-23)27(25)35-24-18-20(2)17-21(3)19-24/h5-12,15-19H,4,13-14H2,1-3H3/b9-5+,10-6+. The fraction of sp³-hybridized carbons (Fsp3) is 0.214. The van der Waals surface area contributed by atoms with Gasteiger partial charge in [0, 0.05) is 23.5 Å². The second-order valence-electron chi connectivity index (χ2n) is 8.21. The molecule has 0 unspecified atom stereocenters. The first-order valence-electron chi connectivity index (χ1n) is 11.5. The van der Waals surface area contributed by atoms with Crippen LogP contribution in [-0.2, 0) is 19.5 Å². The molecule has 6 nitrogen and oxygen atoms in total. The first-order valence-corrected chi connectivity index (χ1v) is 12.3. The zero-order valence-corrected chi connectivity index (χ0v) is 20.9. The van der Waals surface area contributed by atoms with Gasteiger partial charge in [0.05, 0.1) is 17.6 Å². The van der Waals surface area contributed by atoms with Crippen LogP contribution in [0, 0.1) is 13.8 Å².